The topological polar surface area (TPSA) is 17.1 Å². The maximum atomic E-state index is 10.4. The normalized spacial score (nSPS) is 19.8. The van der Waals surface area contributed by atoms with Gasteiger partial charge in [0.05, 0.1) is 0 Å². The van der Waals surface area contributed by atoms with Crippen molar-refractivity contribution in [3.05, 3.63) is 41.3 Å². The molecule has 1 aromatic carbocycles. The van der Waals surface area contributed by atoms with Gasteiger partial charge in [0.1, 0.15) is 6.29 Å². The lowest BCUT2D eigenvalue weighted by Gasteiger charge is -2.02. The summed E-state index contributed by atoms with van der Waals surface area (Å²) in [6, 6.07) is 7.83. The van der Waals surface area contributed by atoms with Crippen LogP contribution in [0.25, 0.3) is 0 Å². The first-order valence-electron chi connectivity index (χ1n) is 4.55. The molecule has 0 bridgehead atoms. The van der Waals surface area contributed by atoms with Crippen LogP contribution in [0.3, 0.4) is 0 Å². The Hall–Kier alpha value is -1.11. The van der Waals surface area contributed by atoms with Crippen LogP contribution in [0, 0.1) is 11.3 Å². The van der Waals surface area contributed by atoms with Crippen molar-refractivity contribution >= 4 is 6.29 Å². The lowest BCUT2D eigenvalue weighted by atomic mass is 10.0. The molecule has 0 saturated heterocycles. The highest BCUT2D eigenvalue weighted by molar-refractivity contribution is 5.74. The number of carbonyl (C=O) groups is 1. The summed E-state index contributed by atoms with van der Waals surface area (Å²) in [5, 5.41) is 0. The smallest absolute Gasteiger partial charge is 0.150 e. The Labute approximate surface area is 78.8 Å². The predicted octanol–water partition coefficient (Wildman–Crippen LogP) is 2.85. The summed E-state index contributed by atoms with van der Waals surface area (Å²) in [5.74, 6) is 1.50. The minimum atomic E-state index is 0.392. The van der Waals surface area contributed by atoms with Crippen molar-refractivity contribution < 1.29 is 4.79 Å². The number of aldehydes is 1. The number of hydrogen-bond donors (Lipinski definition) is 0. The third-order valence-corrected chi connectivity index (χ3v) is 2.71. The molecule has 1 aliphatic carbocycles. The first-order chi connectivity index (χ1) is 6.13. The van der Waals surface area contributed by atoms with Gasteiger partial charge in [-0.15, -0.1) is 0 Å². The van der Waals surface area contributed by atoms with Gasteiger partial charge in [-0.2, -0.15) is 0 Å². The zero-order valence-corrected chi connectivity index (χ0v) is 8.00. The quantitative estimate of drug-likeness (QED) is 0.628. The number of carbonyl (C=O) groups excluding carboxylic acids is 1. The molecule has 1 heteroatoms. The third kappa shape index (κ3) is 1.51. The average Bonchev–Trinajstić information content (AvgIpc) is 2.76. The maximum Gasteiger partial charge on any atom is 0.150 e. The standard InChI is InChI=1S/C12H13O/c1-12(2)7-11(12)10-5-3-9(8-13)4-6-10/h3-6,8H,7H2,1-2H3. The number of rotatable bonds is 2. The molecule has 0 unspecified atom stereocenters. The molecule has 0 aliphatic heterocycles. The van der Waals surface area contributed by atoms with E-state index in [1.807, 2.05) is 24.3 Å². The van der Waals surface area contributed by atoms with Gasteiger partial charge in [-0.3, -0.25) is 4.79 Å². The van der Waals surface area contributed by atoms with E-state index in [1.165, 1.54) is 17.9 Å². The first kappa shape index (κ1) is 8.49. The van der Waals surface area contributed by atoms with Gasteiger partial charge in [0.25, 0.3) is 0 Å². The van der Waals surface area contributed by atoms with Gasteiger partial charge in [-0.05, 0) is 17.4 Å². The van der Waals surface area contributed by atoms with Crippen LogP contribution >= 0.6 is 0 Å². The van der Waals surface area contributed by atoms with Crippen LogP contribution in [0.4, 0.5) is 0 Å². The van der Waals surface area contributed by atoms with Crippen LogP contribution in [-0.2, 0) is 0 Å². The SMILES string of the molecule is CC1(C)C[C]1c1ccc(C=O)cc1. The minimum Gasteiger partial charge on any atom is -0.298 e. The number of benzene rings is 1. The summed E-state index contributed by atoms with van der Waals surface area (Å²) in [6.07, 6.45) is 2.07. The molecule has 0 N–H and O–H groups in total. The van der Waals surface area contributed by atoms with Crippen molar-refractivity contribution in [2.75, 3.05) is 0 Å². The van der Waals surface area contributed by atoms with E-state index in [-0.39, 0.29) is 0 Å². The molecule has 1 aromatic rings. The van der Waals surface area contributed by atoms with Crippen molar-refractivity contribution in [2.24, 2.45) is 5.41 Å². The summed E-state index contributed by atoms with van der Waals surface area (Å²) in [6.45, 7) is 4.49. The summed E-state index contributed by atoms with van der Waals surface area (Å²) in [5.41, 5.74) is 2.43. The molecule has 1 aliphatic rings. The molecular formula is C12H13O. The highest BCUT2D eigenvalue weighted by Crippen LogP contribution is 2.57. The Morgan fingerprint density at radius 1 is 1.23 bits per heavy atom. The lowest BCUT2D eigenvalue weighted by molar-refractivity contribution is 0.112. The Morgan fingerprint density at radius 3 is 2.15 bits per heavy atom. The number of hydrogen-bond acceptors (Lipinski definition) is 1. The Bertz CT molecular complexity index is 321. The van der Waals surface area contributed by atoms with Crippen LogP contribution in [0.5, 0.6) is 0 Å². The largest absolute Gasteiger partial charge is 0.298 e. The fourth-order valence-corrected chi connectivity index (χ4v) is 1.65. The van der Waals surface area contributed by atoms with Gasteiger partial charge in [0.2, 0.25) is 0 Å². The first-order valence-corrected chi connectivity index (χ1v) is 4.55. The van der Waals surface area contributed by atoms with Gasteiger partial charge in [-0.25, -0.2) is 0 Å². The van der Waals surface area contributed by atoms with Gasteiger partial charge in [0.15, 0.2) is 0 Å². The monoisotopic (exact) mass is 173 g/mol. The Kier molecular flexibility index (Phi) is 1.76. The fourth-order valence-electron chi connectivity index (χ4n) is 1.65. The second kappa shape index (κ2) is 2.69. The molecule has 1 fully saturated rings. The molecule has 1 saturated carbocycles. The molecule has 0 atom stereocenters. The van der Waals surface area contributed by atoms with Gasteiger partial charge < -0.3 is 0 Å². The molecule has 13 heavy (non-hydrogen) atoms. The highest BCUT2D eigenvalue weighted by atomic mass is 16.1. The van der Waals surface area contributed by atoms with E-state index in [9.17, 15) is 4.79 Å². The maximum absolute atomic E-state index is 10.4. The predicted molar refractivity (Wildman–Crippen MR) is 52.6 cm³/mol. The zero-order chi connectivity index (χ0) is 9.47. The van der Waals surface area contributed by atoms with Crippen LogP contribution < -0.4 is 0 Å². The second-order valence-electron chi connectivity index (χ2n) is 4.28. The molecule has 0 heterocycles. The van der Waals surface area contributed by atoms with Gasteiger partial charge in [-0.1, -0.05) is 38.1 Å². The highest BCUT2D eigenvalue weighted by Gasteiger charge is 2.46. The Balaban J connectivity index is 2.20. The molecule has 1 radical (unpaired) electrons. The summed E-state index contributed by atoms with van der Waals surface area (Å²) >= 11 is 0. The van der Waals surface area contributed by atoms with Crippen molar-refractivity contribution in [3.8, 4) is 0 Å². The molecule has 2 rings (SSSR count). The molecule has 0 spiro atoms. The average molecular weight is 173 g/mol. The molecule has 67 valence electrons. The minimum absolute atomic E-state index is 0.392. The zero-order valence-electron chi connectivity index (χ0n) is 8.00. The van der Waals surface area contributed by atoms with E-state index in [1.54, 1.807) is 0 Å². The van der Waals surface area contributed by atoms with Crippen LogP contribution in [0.1, 0.15) is 36.2 Å². The third-order valence-electron chi connectivity index (χ3n) is 2.71. The fraction of sp³-hybridized carbons (Fsp3) is 0.333. The lowest BCUT2D eigenvalue weighted by Crippen LogP contribution is -1.90. The van der Waals surface area contributed by atoms with E-state index in [0.717, 1.165) is 11.8 Å². The van der Waals surface area contributed by atoms with E-state index in [2.05, 4.69) is 13.8 Å². The summed E-state index contributed by atoms with van der Waals surface area (Å²) in [7, 11) is 0. The van der Waals surface area contributed by atoms with Crippen molar-refractivity contribution in [3.63, 3.8) is 0 Å². The van der Waals surface area contributed by atoms with Crippen LogP contribution in [0.2, 0.25) is 0 Å². The van der Waals surface area contributed by atoms with Crippen molar-refractivity contribution in [2.45, 2.75) is 20.3 Å². The molecule has 0 amide bonds. The van der Waals surface area contributed by atoms with E-state index >= 15 is 0 Å². The van der Waals surface area contributed by atoms with Crippen molar-refractivity contribution in [1.29, 1.82) is 0 Å². The summed E-state index contributed by atoms with van der Waals surface area (Å²) in [4.78, 5) is 10.4. The summed E-state index contributed by atoms with van der Waals surface area (Å²) < 4.78 is 0. The van der Waals surface area contributed by atoms with Crippen molar-refractivity contribution in [1.82, 2.24) is 0 Å². The van der Waals surface area contributed by atoms with Crippen LogP contribution in [-0.4, -0.2) is 6.29 Å². The second-order valence-corrected chi connectivity index (χ2v) is 4.28. The Morgan fingerprint density at radius 2 is 1.77 bits per heavy atom. The van der Waals surface area contributed by atoms with Gasteiger partial charge >= 0.3 is 0 Å². The molecular weight excluding hydrogens is 160 g/mol. The van der Waals surface area contributed by atoms with E-state index in [4.69, 9.17) is 0 Å². The van der Waals surface area contributed by atoms with Gasteiger partial charge in [0, 0.05) is 11.5 Å². The molecule has 0 aromatic heterocycles. The van der Waals surface area contributed by atoms with E-state index < -0.39 is 0 Å². The molecule has 1 nitrogen and oxygen atoms in total. The van der Waals surface area contributed by atoms with E-state index in [0.29, 0.717) is 5.41 Å². The van der Waals surface area contributed by atoms with Crippen LogP contribution in [0.15, 0.2) is 24.3 Å².